The van der Waals surface area contributed by atoms with E-state index in [2.05, 4.69) is 50.3 Å². The first-order valence-electron chi connectivity index (χ1n) is 15.5. The summed E-state index contributed by atoms with van der Waals surface area (Å²) in [6.07, 6.45) is 33.4. The third-order valence-corrected chi connectivity index (χ3v) is 6.45. The molecular weight excluding hydrogens is 476 g/mol. The number of hydrogen-bond acceptors (Lipinski definition) is 5. The van der Waals surface area contributed by atoms with Crippen molar-refractivity contribution < 1.29 is 24.2 Å². The zero-order valence-electron chi connectivity index (χ0n) is 24.7. The molecule has 0 bridgehead atoms. The fraction of sp³-hybridized carbons (Fsp3) is 0.758. The molecule has 0 saturated heterocycles. The number of carbonyl (C=O) groups is 2. The summed E-state index contributed by atoms with van der Waals surface area (Å²) in [4.78, 5) is 24.0. The van der Waals surface area contributed by atoms with Gasteiger partial charge in [-0.1, -0.05) is 121 Å². The van der Waals surface area contributed by atoms with Gasteiger partial charge in [-0.3, -0.25) is 9.59 Å². The first-order valence-corrected chi connectivity index (χ1v) is 15.5. The van der Waals surface area contributed by atoms with Gasteiger partial charge in [0.1, 0.15) is 6.61 Å². The predicted octanol–water partition coefficient (Wildman–Crippen LogP) is 8.94. The molecule has 0 amide bonds. The molecule has 0 spiro atoms. The molecule has 0 radical (unpaired) electrons. The molecule has 0 heterocycles. The second kappa shape index (κ2) is 29.7. The van der Waals surface area contributed by atoms with E-state index < -0.39 is 6.10 Å². The monoisotopic (exact) mass is 534 g/mol. The van der Waals surface area contributed by atoms with Crippen LogP contribution in [-0.2, 0) is 19.1 Å². The molecule has 0 saturated carbocycles. The van der Waals surface area contributed by atoms with E-state index in [9.17, 15) is 14.7 Å². The Morgan fingerprint density at radius 1 is 0.632 bits per heavy atom. The SMILES string of the molecule is CC/C=C\C/C=C\C/C=C\CCCCCCCC(=O)OCC(CO)OC(=O)CCCCCCCCCCC. The Hall–Kier alpha value is -1.88. The van der Waals surface area contributed by atoms with Gasteiger partial charge in [0.15, 0.2) is 6.10 Å². The lowest BCUT2D eigenvalue weighted by Gasteiger charge is -2.15. The fourth-order valence-electron chi connectivity index (χ4n) is 4.10. The first kappa shape index (κ1) is 36.1. The van der Waals surface area contributed by atoms with Crippen molar-refractivity contribution in [1.82, 2.24) is 0 Å². The van der Waals surface area contributed by atoms with Crippen molar-refractivity contribution in [2.45, 2.75) is 148 Å². The summed E-state index contributed by atoms with van der Waals surface area (Å²) >= 11 is 0. The summed E-state index contributed by atoms with van der Waals surface area (Å²) in [5, 5.41) is 9.46. The molecule has 38 heavy (non-hydrogen) atoms. The van der Waals surface area contributed by atoms with Crippen molar-refractivity contribution >= 4 is 11.9 Å². The highest BCUT2D eigenvalue weighted by Gasteiger charge is 2.16. The number of aliphatic hydroxyl groups excluding tert-OH is 1. The maximum absolute atomic E-state index is 12.0. The van der Waals surface area contributed by atoms with E-state index in [1.54, 1.807) is 0 Å². The maximum atomic E-state index is 12.0. The van der Waals surface area contributed by atoms with Crippen LogP contribution in [0.15, 0.2) is 36.5 Å². The lowest BCUT2D eigenvalue weighted by Crippen LogP contribution is -2.28. The van der Waals surface area contributed by atoms with Crippen LogP contribution in [0.5, 0.6) is 0 Å². The highest BCUT2D eigenvalue weighted by molar-refractivity contribution is 5.70. The van der Waals surface area contributed by atoms with Gasteiger partial charge in [0.25, 0.3) is 0 Å². The number of carbonyl (C=O) groups excluding carboxylic acids is 2. The lowest BCUT2D eigenvalue weighted by atomic mass is 10.1. The molecule has 5 heteroatoms. The second-order valence-electron chi connectivity index (χ2n) is 10.2. The van der Waals surface area contributed by atoms with Crippen molar-refractivity contribution in [3.63, 3.8) is 0 Å². The third kappa shape index (κ3) is 27.2. The van der Waals surface area contributed by atoms with Crippen molar-refractivity contribution in [1.29, 1.82) is 0 Å². The molecule has 0 aliphatic rings. The average Bonchev–Trinajstić information content (AvgIpc) is 2.92. The van der Waals surface area contributed by atoms with E-state index in [-0.39, 0.29) is 25.2 Å². The van der Waals surface area contributed by atoms with Gasteiger partial charge >= 0.3 is 11.9 Å². The summed E-state index contributed by atoms with van der Waals surface area (Å²) in [6, 6.07) is 0. The van der Waals surface area contributed by atoms with Gasteiger partial charge in [-0.25, -0.2) is 0 Å². The molecular formula is C33H58O5. The smallest absolute Gasteiger partial charge is 0.306 e. The van der Waals surface area contributed by atoms with Crippen LogP contribution in [0.3, 0.4) is 0 Å². The van der Waals surface area contributed by atoms with Gasteiger partial charge in [0, 0.05) is 12.8 Å². The van der Waals surface area contributed by atoms with Gasteiger partial charge in [0.2, 0.25) is 0 Å². The van der Waals surface area contributed by atoms with Crippen LogP contribution < -0.4 is 0 Å². The molecule has 220 valence electrons. The van der Waals surface area contributed by atoms with Crippen LogP contribution in [-0.4, -0.2) is 36.4 Å². The van der Waals surface area contributed by atoms with Gasteiger partial charge in [0.05, 0.1) is 6.61 Å². The van der Waals surface area contributed by atoms with Crippen LogP contribution in [0, 0.1) is 0 Å². The summed E-state index contributed by atoms with van der Waals surface area (Å²) in [6.45, 7) is 3.96. The standard InChI is InChI=1S/C33H58O5/c1-3-5-7-9-11-13-14-15-16-17-18-20-21-23-25-27-32(35)37-30-31(29-34)38-33(36)28-26-24-22-19-12-10-8-6-4-2/h5,7,11,13,15-16,31,34H,3-4,6,8-10,12,14,17-30H2,1-2H3/b7-5-,13-11-,16-15-. The minimum Gasteiger partial charge on any atom is -0.462 e. The molecule has 0 rings (SSSR count). The molecule has 0 aromatic heterocycles. The Balaban J connectivity index is 3.63. The minimum absolute atomic E-state index is 0.0736. The van der Waals surface area contributed by atoms with Gasteiger partial charge in [-0.05, 0) is 44.9 Å². The molecule has 0 aromatic carbocycles. The molecule has 1 N–H and O–H groups in total. The van der Waals surface area contributed by atoms with E-state index >= 15 is 0 Å². The van der Waals surface area contributed by atoms with Crippen LogP contribution in [0.25, 0.3) is 0 Å². The van der Waals surface area contributed by atoms with Crippen LogP contribution in [0.1, 0.15) is 142 Å². The first-order chi connectivity index (χ1) is 18.6. The summed E-state index contributed by atoms with van der Waals surface area (Å²) in [5.74, 6) is -0.617. The number of allylic oxidation sites excluding steroid dienone is 6. The number of aliphatic hydroxyl groups is 1. The summed E-state index contributed by atoms with van der Waals surface area (Å²) in [5.41, 5.74) is 0. The van der Waals surface area contributed by atoms with Crippen LogP contribution in [0.2, 0.25) is 0 Å². The number of esters is 2. The van der Waals surface area contributed by atoms with Crippen LogP contribution >= 0.6 is 0 Å². The average molecular weight is 535 g/mol. The molecule has 0 aliphatic carbocycles. The Bertz CT molecular complexity index is 623. The second-order valence-corrected chi connectivity index (χ2v) is 10.2. The fourth-order valence-corrected chi connectivity index (χ4v) is 4.10. The zero-order valence-corrected chi connectivity index (χ0v) is 24.7. The van der Waals surface area contributed by atoms with Crippen molar-refractivity contribution in [2.24, 2.45) is 0 Å². The molecule has 1 unspecified atom stereocenters. The van der Waals surface area contributed by atoms with Gasteiger partial charge in [-0.2, -0.15) is 0 Å². The molecule has 0 fully saturated rings. The normalized spacial score (nSPS) is 12.6. The quantitative estimate of drug-likeness (QED) is 0.0647. The van der Waals surface area contributed by atoms with E-state index in [1.807, 2.05) is 0 Å². The largest absolute Gasteiger partial charge is 0.462 e. The van der Waals surface area contributed by atoms with E-state index in [0.29, 0.717) is 12.8 Å². The minimum atomic E-state index is -0.772. The van der Waals surface area contributed by atoms with Crippen molar-refractivity contribution in [3.8, 4) is 0 Å². The highest BCUT2D eigenvalue weighted by Crippen LogP contribution is 2.12. The Kier molecular flexibility index (Phi) is 28.2. The van der Waals surface area contributed by atoms with Crippen molar-refractivity contribution in [3.05, 3.63) is 36.5 Å². The molecule has 5 nitrogen and oxygen atoms in total. The molecule has 0 aliphatic heterocycles. The van der Waals surface area contributed by atoms with Crippen molar-refractivity contribution in [2.75, 3.05) is 13.2 Å². The molecule has 0 aromatic rings. The lowest BCUT2D eigenvalue weighted by molar-refractivity contribution is -0.161. The van der Waals surface area contributed by atoms with E-state index in [1.165, 1.54) is 51.4 Å². The number of rotatable bonds is 27. The number of unbranched alkanes of at least 4 members (excludes halogenated alkanes) is 13. The van der Waals surface area contributed by atoms with Gasteiger partial charge in [-0.15, -0.1) is 0 Å². The Morgan fingerprint density at radius 2 is 1.13 bits per heavy atom. The molecule has 1 atom stereocenters. The van der Waals surface area contributed by atoms with Crippen LogP contribution in [0.4, 0.5) is 0 Å². The number of ether oxygens (including phenoxy) is 2. The topological polar surface area (TPSA) is 72.8 Å². The summed E-state index contributed by atoms with van der Waals surface area (Å²) in [7, 11) is 0. The third-order valence-electron chi connectivity index (χ3n) is 6.45. The summed E-state index contributed by atoms with van der Waals surface area (Å²) < 4.78 is 10.5. The maximum Gasteiger partial charge on any atom is 0.306 e. The predicted molar refractivity (Wildman–Crippen MR) is 159 cm³/mol. The van der Waals surface area contributed by atoms with E-state index in [0.717, 1.165) is 64.2 Å². The number of hydrogen-bond donors (Lipinski definition) is 1. The Labute approximate surface area is 234 Å². The Morgan fingerprint density at radius 3 is 1.71 bits per heavy atom. The van der Waals surface area contributed by atoms with Gasteiger partial charge < -0.3 is 14.6 Å². The zero-order chi connectivity index (χ0) is 27.9. The highest BCUT2D eigenvalue weighted by atomic mass is 16.6. The van der Waals surface area contributed by atoms with E-state index in [4.69, 9.17) is 9.47 Å².